The fourth-order valence-electron chi connectivity index (χ4n) is 2.65. The van der Waals surface area contributed by atoms with Crippen molar-refractivity contribution in [3.8, 4) is 0 Å². The summed E-state index contributed by atoms with van der Waals surface area (Å²) in [6.07, 6.45) is 1.27. The van der Waals surface area contributed by atoms with E-state index in [-0.39, 0.29) is 6.10 Å². The molecule has 1 atom stereocenters. The lowest BCUT2D eigenvalue weighted by Gasteiger charge is -2.28. The number of methoxy groups -OCH3 is 1. The quantitative estimate of drug-likeness (QED) is 0.819. The number of anilines is 1. The molecule has 118 valence electrons. The molecule has 0 aromatic heterocycles. The van der Waals surface area contributed by atoms with Crippen molar-refractivity contribution in [3.63, 3.8) is 0 Å². The van der Waals surface area contributed by atoms with Crippen LogP contribution in [0.1, 0.15) is 18.9 Å². The Morgan fingerprint density at radius 2 is 2.33 bits per heavy atom. The summed E-state index contributed by atoms with van der Waals surface area (Å²) in [6.45, 7) is 7.15. The van der Waals surface area contributed by atoms with Crippen LogP contribution >= 0.6 is 11.6 Å². The summed E-state index contributed by atoms with van der Waals surface area (Å²) < 4.78 is 10.8. The van der Waals surface area contributed by atoms with E-state index in [1.54, 1.807) is 7.11 Å². The van der Waals surface area contributed by atoms with Crippen molar-refractivity contribution in [2.24, 2.45) is 0 Å². The van der Waals surface area contributed by atoms with Gasteiger partial charge >= 0.3 is 0 Å². The number of rotatable bonds is 6. The molecule has 1 aliphatic rings. The summed E-state index contributed by atoms with van der Waals surface area (Å²) in [5.41, 5.74) is 2.37. The smallest absolute Gasteiger partial charge is 0.0721 e. The summed E-state index contributed by atoms with van der Waals surface area (Å²) in [7, 11) is 1.71. The normalized spacial score (nSPS) is 19.6. The fraction of sp³-hybridized carbons (Fsp3) is 0.625. The molecule has 1 aromatic carbocycles. The van der Waals surface area contributed by atoms with Gasteiger partial charge in [0.15, 0.2) is 0 Å². The Balaban J connectivity index is 2.12. The van der Waals surface area contributed by atoms with Gasteiger partial charge in [0.1, 0.15) is 0 Å². The first-order valence-electron chi connectivity index (χ1n) is 7.56. The molecular formula is C16H25ClN2O2. The minimum atomic E-state index is 0.234. The number of hydrogen-bond acceptors (Lipinski definition) is 4. The number of para-hydroxylation sites is 1. The van der Waals surface area contributed by atoms with Crippen LogP contribution in [0.5, 0.6) is 0 Å². The largest absolute Gasteiger partial charge is 0.383 e. The van der Waals surface area contributed by atoms with Crippen molar-refractivity contribution in [2.45, 2.75) is 26.0 Å². The molecule has 0 bridgehead atoms. The van der Waals surface area contributed by atoms with Crippen LogP contribution in [0.2, 0.25) is 5.02 Å². The third-order valence-corrected chi connectivity index (χ3v) is 3.94. The molecule has 0 aliphatic carbocycles. The van der Waals surface area contributed by atoms with Gasteiger partial charge in [-0.25, -0.2) is 0 Å². The SMILES string of the molecule is COCCNCc1cccc(Cl)c1N1CCCOC(C)C1. The van der Waals surface area contributed by atoms with E-state index in [9.17, 15) is 0 Å². The number of hydrogen-bond donors (Lipinski definition) is 1. The molecule has 5 heteroatoms. The van der Waals surface area contributed by atoms with Crippen LogP contribution in [0, 0.1) is 0 Å². The van der Waals surface area contributed by atoms with Crippen LogP contribution in [0.4, 0.5) is 5.69 Å². The molecule has 1 heterocycles. The van der Waals surface area contributed by atoms with E-state index in [0.717, 1.165) is 49.9 Å². The van der Waals surface area contributed by atoms with E-state index in [1.165, 1.54) is 5.56 Å². The number of nitrogens with one attached hydrogen (secondary N) is 1. The summed E-state index contributed by atoms with van der Waals surface area (Å²) in [5.74, 6) is 0. The highest BCUT2D eigenvalue weighted by atomic mass is 35.5. The molecule has 21 heavy (non-hydrogen) atoms. The van der Waals surface area contributed by atoms with Gasteiger partial charge in [0.05, 0.1) is 23.4 Å². The molecule has 1 aliphatic heterocycles. The van der Waals surface area contributed by atoms with Crippen LogP contribution in [0.3, 0.4) is 0 Å². The van der Waals surface area contributed by atoms with Crippen LogP contribution < -0.4 is 10.2 Å². The zero-order valence-electron chi connectivity index (χ0n) is 12.9. The predicted molar refractivity (Wildman–Crippen MR) is 87.3 cm³/mol. The van der Waals surface area contributed by atoms with Crippen LogP contribution in [-0.2, 0) is 16.0 Å². The minimum Gasteiger partial charge on any atom is -0.383 e. The molecule has 1 fully saturated rings. The molecule has 1 unspecified atom stereocenters. The average molecular weight is 313 g/mol. The summed E-state index contributed by atoms with van der Waals surface area (Å²) in [4.78, 5) is 2.35. The lowest BCUT2D eigenvalue weighted by molar-refractivity contribution is 0.0821. The van der Waals surface area contributed by atoms with Crippen molar-refractivity contribution in [1.82, 2.24) is 5.32 Å². The van der Waals surface area contributed by atoms with Crippen molar-refractivity contribution in [2.75, 3.05) is 44.9 Å². The number of benzene rings is 1. The first-order valence-corrected chi connectivity index (χ1v) is 7.93. The van der Waals surface area contributed by atoms with Crippen LogP contribution in [0.25, 0.3) is 0 Å². The molecule has 4 nitrogen and oxygen atoms in total. The Kier molecular flexibility index (Phi) is 6.77. The van der Waals surface area contributed by atoms with E-state index in [0.29, 0.717) is 6.61 Å². The highest BCUT2D eigenvalue weighted by Gasteiger charge is 2.19. The van der Waals surface area contributed by atoms with Gasteiger partial charge < -0.3 is 19.7 Å². The minimum absolute atomic E-state index is 0.234. The lowest BCUT2D eigenvalue weighted by Crippen LogP contribution is -2.32. The summed E-state index contributed by atoms with van der Waals surface area (Å²) >= 11 is 6.47. The Labute approximate surface area is 132 Å². The molecular weight excluding hydrogens is 288 g/mol. The monoisotopic (exact) mass is 312 g/mol. The van der Waals surface area contributed by atoms with Gasteiger partial charge in [-0.15, -0.1) is 0 Å². The second-order valence-corrected chi connectivity index (χ2v) is 5.81. The number of halogens is 1. The maximum Gasteiger partial charge on any atom is 0.0721 e. The first kappa shape index (κ1) is 16.6. The molecule has 2 rings (SSSR count). The first-order chi connectivity index (χ1) is 10.2. The van der Waals surface area contributed by atoms with E-state index in [4.69, 9.17) is 21.1 Å². The lowest BCUT2D eigenvalue weighted by atomic mass is 10.1. The molecule has 1 N–H and O–H groups in total. The Morgan fingerprint density at radius 1 is 1.48 bits per heavy atom. The van der Waals surface area contributed by atoms with Gasteiger partial charge in [0, 0.05) is 39.9 Å². The molecule has 0 amide bonds. The van der Waals surface area contributed by atoms with E-state index in [1.807, 2.05) is 12.1 Å². The molecule has 0 spiro atoms. The van der Waals surface area contributed by atoms with Crippen molar-refractivity contribution >= 4 is 17.3 Å². The average Bonchev–Trinajstić information content (AvgIpc) is 2.68. The van der Waals surface area contributed by atoms with Gasteiger partial charge in [-0.05, 0) is 25.0 Å². The summed E-state index contributed by atoms with van der Waals surface area (Å²) in [5, 5.41) is 4.21. The zero-order chi connectivity index (χ0) is 15.1. The van der Waals surface area contributed by atoms with Gasteiger partial charge in [0.2, 0.25) is 0 Å². The fourth-order valence-corrected chi connectivity index (χ4v) is 2.97. The van der Waals surface area contributed by atoms with Crippen molar-refractivity contribution in [1.29, 1.82) is 0 Å². The second-order valence-electron chi connectivity index (χ2n) is 5.40. The highest BCUT2D eigenvalue weighted by molar-refractivity contribution is 6.33. The van der Waals surface area contributed by atoms with Crippen LogP contribution in [0.15, 0.2) is 18.2 Å². The predicted octanol–water partition coefficient (Wildman–Crippen LogP) is 2.69. The third-order valence-electron chi connectivity index (χ3n) is 3.64. The van der Waals surface area contributed by atoms with Crippen molar-refractivity contribution in [3.05, 3.63) is 28.8 Å². The highest BCUT2D eigenvalue weighted by Crippen LogP contribution is 2.31. The van der Waals surface area contributed by atoms with Crippen LogP contribution in [-0.4, -0.2) is 46.1 Å². The Morgan fingerprint density at radius 3 is 3.14 bits per heavy atom. The summed E-state index contributed by atoms with van der Waals surface area (Å²) in [6, 6.07) is 6.11. The van der Waals surface area contributed by atoms with Crippen molar-refractivity contribution < 1.29 is 9.47 Å². The number of nitrogens with zero attached hydrogens (tertiary/aromatic N) is 1. The van der Waals surface area contributed by atoms with Gasteiger partial charge in [-0.1, -0.05) is 23.7 Å². The van der Waals surface area contributed by atoms with E-state index >= 15 is 0 Å². The zero-order valence-corrected chi connectivity index (χ0v) is 13.7. The van der Waals surface area contributed by atoms with E-state index in [2.05, 4.69) is 23.2 Å². The third kappa shape index (κ3) is 4.85. The molecule has 1 saturated heterocycles. The van der Waals surface area contributed by atoms with Gasteiger partial charge in [-0.3, -0.25) is 0 Å². The molecule has 1 aromatic rings. The number of ether oxygens (including phenoxy) is 2. The van der Waals surface area contributed by atoms with Gasteiger partial charge in [0.25, 0.3) is 0 Å². The Hall–Kier alpha value is -0.810. The topological polar surface area (TPSA) is 33.7 Å². The molecule has 0 saturated carbocycles. The van der Waals surface area contributed by atoms with Gasteiger partial charge in [-0.2, -0.15) is 0 Å². The molecule has 0 radical (unpaired) electrons. The van der Waals surface area contributed by atoms with E-state index < -0.39 is 0 Å². The Bertz CT molecular complexity index is 442. The second kappa shape index (κ2) is 8.59. The standard InChI is InChI=1S/C16H25ClN2O2/c1-13-12-19(8-4-9-21-13)16-14(5-3-6-15(16)17)11-18-7-10-20-2/h3,5-6,13,18H,4,7-12H2,1-2H3. The maximum atomic E-state index is 6.47. The maximum absolute atomic E-state index is 6.47.